The lowest BCUT2D eigenvalue weighted by atomic mass is 10.1. The van der Waals surface area contributed by atoms with Gasteiger partial charge in [-0.3, -0.25) is 4.79 Å². The summed E-state index contributed by atoms with van der Waals surface area (Å²) in [5.41, 5.74) is 4.67. The first-order valence-electron chi connectivity index (χ1n) is 8.49. The van der Waals surface area contributed by atoms with E-state index in [9.17, 15) is 4.79 Å². The molecule has 4 aromatic rings. The van der Waals surface area contributed by atoms with Gasteiger partial charge in [-0.05, 0) is 61.8 Å². The zero-order valence-corrected chi connectivity index (χ0v) is 14.5. The number of rotatable bonds is 4. The number of hydrogen-bond acceptors (Lipinski definition) is 2. The van der Waals surface area contributed by atoms with E-state index in [0.717, 1.165) is 40.5 Å². The molecular weight excluding hydrogens is 310 g/mol. The molecule has 126 valence electrons. The van der Waals surface area contributed by atoms with Gasteiger partial charge >= 0.3 is 0 Å². The maximum absolute atomic E-state index is 12.5. The van der Waals surface area contributed by atoms with Crippen LogP contribution in [-0.4, -0.2) is 35.5 Å². The van der Waals surface area contributed by atoms with Crippen LogP contribution in [-0.2, 0) is 6.42 Å². The number of benzene rings is 2. The first kappa shape index (κ1) is 15.7. The predicted molar refractivity (Wildman–Crippen MR) is 104 cm³/mol. The minimum atomic E-state index is -0.0712. The third-order valence-electron chi connectivity index (χ3n) is 4.58. The Kier molecular flexibility index (Phi) is 3.90. The summed E-state index contributed by atoms with van der Waals surface area (Å²) in [5, 5.41) is 2.17. The second-order valence-electron chi connectivity index (χ2n) is 6.76. The van der Waals surface area contributed by atoms with Crippen molar-refractivity contribution in [3.05, 3.63) is 70.5 Å². The number of aromatic nitrogens is 2. The Morgan fingerprint density at radius 3 is 2.52 bits per heavy atom. The van der Waals surface area contributed by atoms with Crippen molar-refractivity contribution < 1.29 is 0 Å². The summed E-state index contributed by atoms with van der Waals surface area (Å²) in [6.45, 7) is 1.02. The second-order valence-corrected chi connectivity index (χ2v) is 6.76. The van der Waals surface area contributed by atoms with Crippen molar-refractivity contribution in [2.75, 3.05) is 20.6 Å². The fraction of sp³-hybridized carbons (Fsp3) is 0.190. The molecule has 0 aliphatic heterocycles. The molecule has 0 aliphatic rings. The number of fused-ring (bicyclic) bond motifs is 2. The normalized spacial score (nSPS) is 11.6. The van der Waals surface area contributed by atoms with Gasteiger partial charge in [-0.15, -0.1) is 0 Å². The molecule has 4 nitrogen and oxygen atoms in total. The molecule has 0 fully saturated rings. The summed E-state index contributed by atoms with van der Waals surface area (Å²) in [7, 11) is 4.16. The summed E-state index contributed by atoms with van der Waals surface area (Å²) in [6.07, 6.45) is 1.01. The summed E-state index contributed by atoms with van der Waals surface area (Å²) in [6, 6.07) is 18.3. The lowest BCUT2D eigenvalue weighted by Crippen LogP contribution is -2.14. The SMILES string of the molecule is CN(C)CCc1ccc2[nH]c(-c3cc4ccccc4[nH]c3=O)cc2c1. The van der Waals surface area contributed by atoms with E-state index in [4.69, 9.17) is 0 Å². The molecule has 0 saturated carbocycles. The number of pyridine rings is 1. The van der Waals surface area contributed by atoms with Crippen LogP contribution >= 0.6 is 0 Å². The number of nitrogens with one attached hydrogen (secondary N) is 2. The molecule has 0 bridgehead atoms. The van der Waals surface area contributed by atoms with Gasteiger partial charge in [0.05, 0.1) is 11.3 Å². The lowest BCUT2D eigenvalue weighted by molar-refractivity contribution is 0.414. The molecule has 0 unspecified atom stereocenters. The van der Waals surface area contributed by atoms with Gasteiger partial charge in [-0.25, -0.2) is 0 Å². The first-order chi connectivity index (χ1) is 12.1. The molecule has 4 heteroatoms. The number of H-pyrrole nitrogens is 2. The molecule has 0 atom stereocenters. The fourth-order valence-electron chi connectivity index (χ4n) is 3.18. The standard InChI is InChI=1S/C21H21N3O/c1-24(2)10-9-14-7-8-19-16(11-14)13-20(22-19)17-12-15-5-3-4-6-18(15)23-21(17)25/h3-8,11-13,22H,9-10H2,1-2H3,(H,23,25). The highest BCUT2D eigenvalue weighted by molar-refractivity contribution is 5.89. The Labute approximate surface area is 146 Å². The van der Waals surface area contributed by atoms with Gasteiger partial charge in [0.15, 0.2) is 0 Å². The van der Waals surface area contributed by atoms with E-state index in [1.807, 2.05) is 30.3 Å². The van der Waals surface area contributed by atoms with Crippen molar-refractivity contribution in [3.63, 3.8) is 0 Å². The molecule has 0 spiro atoms. The van der Waals surface area contributed by atoms with Crippen molar-refractivity contribution in [3.8, 4) is 11.3 Å². The quantitative estimate of drug-likeness (QED) is 0.598. The Bertz CT molecular complexity index is 1100. The minimum absolute atomic E-state index is 0.0712. The zero-order chi connectivity index (χ0) is 17.4. The van der Waals surface area contributed by atoms with Crippen LogP contribution in [0.4, 0.5) is 0 Å². The van der Waals surface area contributed by atoms with E-state index >= 15 is 0 Å². The van der Waals surface area contributed by atoms with Gasteiger partial charge in [0.1, 0.15) is 0 Å². The van der Waals surface area contributed by atoms with Crippen LogP contribution in [0.15, 0.2) is 59.4 Å². The molecular formula is C21H21N3O. The van der Waals surface area contributed by atoms with E-state index < -0.39 is 0 Å². The van der Waals surface area contributed by atoms with Crippen molar-refractivity contribution in [2.45, 2.75) is 6.42 Å². The fourth-order valence-corrected chi connectivity index (χ4v) is 3.18. The predicted octanol–water partition coefficient (Wildman–Crippen LogP) is 3.78. The smallest absolute Gasteiger partial charge is 0.257 e. The second kappa shape index (κ2) is 6.22. The molecule has 2 heterocycles. The molecule has 4 rings (SSSR count). The summed E-state index contributed by atoms with van der Waals surface area (Å²) >= 11 is 0. The van der Waals surface area contributed by atoms with Crippen LogP contribution in [0.1, 0.15) is 5.56 Å². The molecule has 25 heavy (non-hydrogen) atoms. The summed E-state index contributed by atoms with van der Waals surface area (Å²) in [4.78, 5) is 21.0. The highest BCUT2D eigenvalue weighted by atomic mass is 16.1. The Hall–Kier alpha value is -2.85. The largest absolute Gasteiger partial charge is 0.354 e. The van der Waals surface area contributed by atoms with Crippen LogP contribution in [0.3, 0.4) is 0 Å². The van der Waals surface area contributed by atoms with E-state index in [0.29, 0.717) is 5.56 Å². The Morgan fingerprint density at radius 1 is 0.880 bits per heavy atom. The third kappa shape index (κ3) is 3.08. The highest BCUT2D eigenvalue weighted by Gasteiger charge is 2.09. The molecule has 2 aromatic heterocycles. The number of aromatic amines is 2. The lowest BCUT2D eigenvalue weighted by Gasteiger charge is -2.08. The van der Waals surface area contributed by atoms with Crippen molar-refractivity contribution >= 4 is 21.8 Å². The summed E-state index contributed by atoms with van der Waals surface area (Å²) in [5.74, 6) is 0. The van der Waals surface area contributed by atoms with Gasteiger partial charge in [0, 0.05) is 23.0 Å². The molecule has 2 aromatic carbocycles. The van der Waals surface area contributed by atoms with Gasteiger partial charge in [-0.1, -0.05) is 24.3 Å². The molecule has 0 radical (unpaired) electrons. The van der Waals surface area contributed by atoms with E-state index in [1.165, 1.54) is 5.56 Å². The Morgan fingerprint density at radius 2 is 1.68 bits per heavy atom. The topological polar surface area (TPSA) is 51.9 Å². The van der Waals surface area contributed by atoms with Gasteiger partial charge in [0.2, 0.25) is 0 Å². The van der Waals surface area contributed by atoms with Crippen LogP contribution in [0.2, 0.25) is 0 Å². The van der Waals surface area contributed by atoms with Crippen molar-refractivity contribution in [1.29, 1.82) is 0 Å². The average Bonchev–Trinajstić information content (AvgIpc) is 3.02. The van der Waals surface area contributed by atoms with Crippen LogP contribution < -0.4 is 5.56 Å². The van der Waals surface area contributed by atoms with E-state index in [2.05, 4.69) is 53.2 Å². The first-order valence-corrected chi connectivity index (χ1v) is 8.49. The van der Waals surface area contributed by atoms with Gasteiger partial charge in [0.25, 0.3) is 5.56 Å². The number of hydrogen-bond donors (Lipinski definition) is 2. The molecule has 0 amide bonds. The van der Waals surface area contributed by atoms with Crippen LogP contribution in [0.5, 0.6) is 0 Å². The van der Waals surface area contributed by atoms with Crippen molar-refractivity contribution in [2.24, 2.45) is 0 Å². The number of nitrogens with zero attached hydrogens (tertiary/aromatic N) is 1. The minimum Gasteiger partial charge on any atom is -0.354 e. The maximum Gasteiger partial charge on any atom is 0.257 e. The van der Waals surface area contributed by atoms with Crippen molar-refractivity contribution in [1.82, 2.24) is 14.9 Å². The van der Waals surface area contributed by atoms with Gasteiger partial charge in [-0.2, -0.15) is 0 Å². The average molecular weight is 331 g/mol. The third-order valence-corrected chi connectivity index (χ3v) is 4.58. The Balaban J connectivity index is 1.76. The number of para-hydroxylation sites is 1. The monoisotopic (exact) mass is 331 g/mol. The molecule has 0 aliphatic carbocycles. The maximum atomic E-state index is 12.5. The van der Waals surface area contributed by atoms with Gasteiger partial charge < -0.3 is 14.9 Å². The van der Waals surface area contributed by atoms with Crippen LogP contribution in [0.25, 0.3) is 33.1 Å². The molecule has 2 N–H and O–H groups in total. The van der Waals surface area contributed by atoms with E-state index in [-0.39, 0.29) is 5.56 Å². The highest BCUT2D eigenvalue weighted by Crippen LogP contribution is 2.24. The summed E-state index contributed by atoms with van der Waals surface area (Å²) < 4.78 is 0. The van der Waals surface area contributed by atoms with E-state index in [1.54, 1.807) is 0 Å². The molecule has 0 saturated heterocycles. The number of likely N-dealkylation sites (N-methyl/N-ethyl adjacent to an activating group) is 1. The zero-order valence-electron chi connectivity index (χ0n) is 14.5. The van der Waals surface area contributed by atoms with Crippen LogP contribution in [0, 0.1) is 0 Å².